The Morgan fingerprint density at radius 2 is 0.495 bits per heavy atom. The molecule has 17 nitrogen and oxygen atoms in total. The molecular formula is C78H152O17P2. The number of aliphatic hydroxyl groups excluding tert-OH is 1. The number of phosphoric ester groups is 2. The minimum atomic E-state index is -4.96. The normalized spacial score (nSPS) is 14.4. The quantitative estimate of drug-likeness (QED) is 0.0222. The number of ether oxygens (including phenoxy) is 4. The molecular weight excluding hydrogens is 1270 g/mol. The molecule has 576 valence electrons. The number of carbonyl (C=O) groups is 4. The Balaban J connectivity index is 5.22. The Kier molecular flexibility index (Phi) is 65.9. The minimum Gasteiger partial charge on any atom is -0.462 e. The molecule has 97 heavy (non-hydrogen) atoms. The van der Waals surface area contributed by atoms with Crippen LogP contribution in [0.3, 0.4) is 0 Å². The largest absolute Gasteiger partial charge is 0.472 e. The van der Waals surface area contributed by atoms with Crippen molar-refractivity contribution in [1.29, 1.82) is 0 Å². The van der Waals surface area contributed by atoms with Crippen molar-refractivity contribution >= 4 is 39.5 Å². The van der Waals surface area contributed by atoms with Crippen molar-refractivity contribution in [3.8, 4) is 0 Å². The smallest absolute Gasteiger partial charge is 0.462 e. The van der Waals surface area contributed by atoms with Crippen molar-refractivity contribution in [2.45, 2.75) is 414 Å². The van der Waals surface area contributed by atoms with Gasteiger partial charge in [-0.05, 0) is 49.4 Å². The maximum atomic E-state index is 13.1. The van der Waals surface area contributed by atoms with Crippen LogP contribution in [-0.2, 0) is 65.4 Å². The van der Waals surface area contributed by atoms with Gasteiger partial charge in [0.05, 0.1) is 26.4 Å². The van der Waals surface area contributed by atoms with E-state index in [-0.39, 0.29) is 25.7 Å². The van der Waals surface area contributed by atoms with E-state index >= 15 is 0 Å². The fourth-order valence-electron chi connectivity index (χ4n) is 11.9. The van der Waals surface area contributed by atoms with Gasteiger partial charge < -0.3 is 33.8 Å². The third-order valence-electron chi connectivity index (χ3n) is 18.4. The van der Waals surface area contributed by atoms with Crippen molar-refractivity contribution in [1.82, 2.24) is 0 Å². The summed E-state index contributed by atoms with van der Waals surface area (Å²) in [5.74, 6) is 0.938. The summed E-state index contributed by atoms with van der Waals surface area (Å²) in [6.07, 6.45) is 52.9. The van der Waals surface area contributed by atoms with Crippen LogP contribution in [0, 0.1) is 23.7 Å². The van der Waals surface area contributed by atoms with Gasteiger partial charge in [-0.25, -0.2) is 9.13 Å². The lowest BCUT2D eigenvalue weighted by molar-refractivity contribution is -0.161. The highest BCUT2D eigenvalue weighted by molar-refractivity contribution is 7.47. The molecule has 0 rings (SSSR count). The van der Waals surface area contributed by atoms with Crippen molar-refractivity contribution in [3.05, 3.63) is 0 Å². The monoisotopic (exact) mass is 1420 g/mol. The van der Waals surface area contributed by atoms with Gasteiger partial charge in [-0.2, -0.15) is 0 Å². The molecule has 0 spiro atoms. The van der Waals surface area contributed by atoms with E-state index in [1.807, 2.05) is 0 Å². The third-order valence-corrected chi connectivity index (χ3v) is 20.3. The van der Waals surface area contributed by atoms with Gasteiger partial charge >= 0.3 is 39.5 Å². The van der Waals surface area contributed by atoms with Gasteiger partial charge in [0.15, 0.2) is 12.2 Å². The predicted molar refractivity (Wildman–Crippen MR) is 395 cm³/mol. The average Bonchev–Trinajstić information content (AvgIpc) is 1.25. The lowest BCUT2D eigenvalue weighted by Crippen LogP contribution is -2.30. The Bertz CT molecular complexity index is 1900. The second kappa shape index (κ2) is 67.2. The Morgan fingerprint density at radius 1 is 0.289 bits per heavy atom. The van der Waals surface area contributed by atoms with Crippen LogP contribution in [0.2, 0.25) is 0 Å². The maximum absolute atomic E-state index is 13.1. The van der Waals surface area contributed by atoms with Crippen molar-refractivity contribution < 1.29 is 80.2 Å². The second-order valence-corrected chi connectivity index (χ2v) is 32.7. The summed E-state index contributed by atoms with van der Waals surface area (Å²) in [6.45, 7) is 14.2. The van der Waals surface area contributed by atoms with Crippen molar-refractivity contribution in [2.24, 2.45) is 23.7 Å². The van der Waals surface area contributed by atoms with E-state index in [1.54, 1.807) is 0 Å². The van der Waals surface area contributed by atoms with Crippen LogP contribution in [0.5, 0.6) is 0 Å². The highest BCUT2D eigenvalue weighted by atomic mass is 31.2. The summed E-state index contributed by atoms with van der Waals surface area (Å²) in [5, 5.41) is 10.6. The van der Waals surface area contributed by atoms with Gasteiger partial charge in [-0.3, -0.25) is 37.3 Å². The van der Waals surface area contributed by atoms with Crippen LogP contribution >= 0.6 is 15.6 Å². The molecule has 0 saturated carbocycles. The molecule has 0 heterocycles. The first-order valence-electron chi connectivity index (χ1n) is 40.2. The molecule has 0 aromatic heterocycles. The highest BCUT2D eigenvalue weighted by Crippen LogP contribution is 2.45. The van der Waals surface area contributed by atoms with Crippen LogP contribution in [0.15, 0.2) is 0 Å². The maximum Gasteiger partial charge on any atom is 0.472 e. The van der Waals surface area contributed by atoms with Crippen LogP contribution in [-0.4, -0.2) is 96.7 Å². The van der Waals surface area contributed by atoms with Crippen LogP contribution in [0.25, 0.3) is 0 Å². The number of unbranched alkanes of at least 4 members (excludes halogenated alkanes) is 40. The molecule has 3 N–H and O–H groups in total. The summed E-state index contributed by atoms with van der Waals surface area (Å²) in [6, 6.07) is 0. The lowest BCUT2D eigenvalue weighted by Gasteiger charge is -2.21. The lowest BCUT2D eigenvalue weighted by atomic mass is 10.00. The van der Waals surface area contributed by atoms with E-state index in [0.29, 0.717) is 25.7 Å². The van der Waals surface area contributed by atoms with Crippen LogP contribution in [0.1, 0.15) is 396 Å². The van der Waals surface area contributed by atoms with Crippen molar-refractivity contribution in [2.75, 3.05) is 39.6 Å². The number of carbonyl (C=O) groups excluding carboxylic acids is 4. The zero-order valence-electron chi connectivity index (χ0n) is 63.7. The van der Waals surface area contributed by atoms with Gasteiger partial charge in [0.1, 0.15) is 19.3 Å². The molecule has 0 aliphatic carbocycles. The molecule has 0 aromatic rings. The van der Waals surface area contributed by atoms with Gasteiger partial charge in [0.2, 0.25) is 0 Å². The molecule has 0 saturated heterocycles. The Labute approximate surface area is 594 Å². The van der Waals surface area contributed by atoms with E-state index in [1.165, 1.54) is 193 Å². The van der Waals surface area contributed by atoms with E-state index in [0.717, 1.165) is 120 Å². The number of hydrogen-bond donors (Lipinski definition) is 3. The molecule has 0 aliphatic rings. The molecule has 19 heteroatoms. The predicted octanol–water partition coefficient (Wildman–Crippen LogP) is 22.8. The summed E-state index contributed by atoms with van der Waals surface area (Å²) >= 11 is 0. The molecule has 0 aliphatic heterocycles. The van der Waals surface area contributed by atoms with Gasteiger partial charge in [-0.15, -0.1) is 0 Å². The van der Waals surface area contributed by atoms with Crippen LogP contribution in [0.4, 0.5) is 0 Å². The SMILES string of the molecule is CCC(C)CCCCCCCCC(=O)OC[C@H](COP(=O)(O)OC[C@H](O)COP(=O)(O)OC[C@@H](COC(=O)CCCCCCCCCCCCCC(C)C)OC(=O)CCCCCCCCCCCCCCCCCCCCC(C)C)OC(=O)CCCCCCCCCCCC(C)C. The topological polar surface area (TPSA) is 237 Å². The first-order chi connectivity index (χ1) is 46.6. The number of esters is 4. The number of aliphatic hydroxyl groups is 1. The zero-order valence-corrected chi connectivity index (χ0v) is 65.5. The molecule has 0 fully saturated rings. The van der Waals surface area contributed by atoms with Gasteiger partial charge in [-0.1, -0.05) is 344 Å². The molecule has 3 unspecified atom stereocenters. The van der Waals surface area contributed by atoms with Gasteiger partial charge in [0, 0.05) is 25.7 Å². The molecule has 0 aromatic carbocycles. The first kappa shape index (κ1) is 95.1. The van der Waals surface area contributed by atoms with Crippen LogP contribution < -0.4 is 0 Å². The summed E-state index contributed by atoms with van der Waals surface area (Å²) in [7, 11) is -9.92. The zero-order chi connectivity index (χ0) is 71.7. The minimum absolute atomic E-state index is 0.104. The van der Waals surface area contributed by atoms with E-state index < -0.39 is 97.5 Å². The highest BCUT2D eigenvalue weighted by Gasteiger charge is 2.30. The second-order valence-electron chi connectivity index (χ2n) is 29.8. The van der Waals surface area contributed by atoms with E-state index in [9.17, 15) is 43.2 Å². The summed E-state index contributed by atoms with van der Waals surface area (Å²) in [4.78, 5) is 72.9. The Morgan fingerprint density at radius 3 is 0.732 bits per heavy atom. The standard InChI is InChI=1S/C78H152O17P2/c1-9-71(8)57-49-41-36-37-43-51-59-76(81)89-65-74(95-78(83)61-53-45-35-29-23-26-32-40-48-56-70(6)7)67-93-97(86,87)91-63-72(79)62-90-96(84,85)92-66-73(64-88-75(80)58-50-42-33-27-22-18-20-25-31-39-47-55-69(4)5)94-77(82)60-52-44-34-28-21-17-15-13-11-10-12-14-16-19-24-30-38-46-54-68(2)3/h68-74,79H,9-67H2,1-8H3,(H,84,85)(H,86,87)/t71?,72-,73-,74-/m1/s1. The number of phosphoric acid groups is 2. The fourth-order valence-corrected chi connectivity index (χ4v) is 13.5. The molecule has 0 radical (unpaired) electrons. The average molecular weight is 1420 g/mol. The number of rotatable bonds is 75. The number of hydrogen-bond acceptors (Lipinski definition) is 15. The third kappa shape index (κ3) is 70.9. The molecule has 0 amide bonds. The van der Waals surface area contributed by atoms with Gasteiger partial charge in [0.25, 0.3) is 0 Å². The van der Waals surface area contributed by atoms with E-state index in [2.05, 4.69) is 55.4 Å². The molecule has 6 atom stereocenters. The summed E-state index contributed by atoms with van der Waals surface area (Å²) in [5.41, 5.74) is 0. The Hall–Kier alpha value is -1.94. The fraction of sp³-hybridized carbons (Fsp3) is 0.949. The van der Waals surface area contributed by atoms with E-state index in [4.69, 9.17) is 37.0 Å². The summed E-state index contributed by atoms with van der Waals surface area (Å²) < 4.78 is 68.6. The molecule has 0 bridgehead atoms. The first-order valence-corrected chi connectivity index (χ1v) is 43.2. The van der Waals surface area contributed by atoms with Crippen molar-refractivity contribution in [3.63, 3.8) is 0 Å².